The van der Waals surface area contributed by atoms with Crippen LogP contribution in [0.3, 0.4) is 0 Å². The van der Waals surface area contributed by atoms with E-state index in [4.69, 9.17) is 9.47 Å². The Balaban J connectivity index is 1.99. The number of ether oxygens (including phenoxy) is 2. The fourth-order valence-electron chi connectivity index (χ4n) is 3.25. The molecule has 0 N–H and O–H groups in total. The number of rotatable bonds is 5. The Morgan fingerprint density at radius 1 is 1.21 bits per heavy atom. The van der Waals surface area contributed by atoms with Crippen LogP contribution in [0.15, 0.2) is 12.1 Å². The fraction of sp³-hybridized carbons (Fsp3) is 0.579. The van der Waals surface area contributed by atoms with Gasteiger partial charge in [-0.05, 0) is 50.8 Å². The van der Waals surface area contributed by atoms with Gasteiger partial charge in [0.1, 0.15) is 5.75 Å². The molecule has 5 heteroatoms. The third-order valence-corrected chi connectivity index (χ3v) is 4.59. The van der Waals surface area contributed by atoms with E-state index >= 15 is 0 Å². The zero-order chi connectivity index (χ0) is 17.7. The van der Waals surface area contributed by atoms with Gasteiger partial charge in [0.25, 0.3) is 0 Å². The van der Waals surface area contributed by atoms with Gasteiger partial charge in [-0.25, -0.2) is 0 Å². The van der Waals surface area contributed by atoms with Gasteiger partial charge in [0.05, 0.1) is 26.1 Å². The number of likely N-dealkylation sites (tertiary alicyclic amines) is 1. The van der Waals surface area contributed by atoms with E-state index in [0.717, 1.165) is 22.4 Å². The van der Waals surface area contributed by atoms with E-state index in [1.165, 1.54) is 0 Å². The molecular weight excluding hydrogens is 306 g/mol. The summed E-state index contributed by atoms with van der Waals surface area (Å²) in [6.07, 6.45) is 1.68. The molecule has 1 aromatic rings. The second-order valence-corrected chi connectivity index (χ2v) is 6.35. The van der Waals surface area contributed by atoms with E-state index in [2.05, 4.69) is 6.07 Å². The number of hydrogen-bond donors (Lipinski definition) is 0. The van der Waals surface area contributed by atoms with Crippen LogP contribution in [0.4, 0.5) is 0 Å². The summed E-state index contributed by atoms with van der Waals surface area (Å²) in [7, 11) is 1.63. The third-order valence-electron chi connectivity index (χ3n) is 4.59. The molecule has 24 heavy (non-hydrogen) atoms. The molecule has 2 rings (SSSR count). The van der Waals surface area contributed by atoms with Crippen molar-refractivity contribution in [3.63, 3.8) is 0 Å². The van der Waals surface area contributed by atoms with Crippen molar-refractivity contribution in [3.05, 3.63) is 28.8 Å². The predicted molar refractivity (Wildman–Crippen MR) is 92.1 cm³/mol. The molecule has 0 saturated carbocycles. The Labute approximate surface area is 143 Å². The highest BCUT2D eigenvalue weighted by Gasteiger charge is 2.28. The van der Waals surface area contributed by atoms with Gasteiger partial charge in [0.15, 0.2) is 0 Å². The number of aryl methyl sites for hydroxylation is 2. The van der Waals surface area contributed by atoms with Crippen molar-refractivity contribution < 1.29 is 19.1 Å². The molecule has 1 amide bonds. The number of benzene rings is 1. The van der Waals surface area contributed by atoms with Crippen molar-refractivity contribution in [1.82, 2.24) is 4.90 Å². The van der Waals surface area contributed by atoms with Crippen LogP contribution in [0, 0.1) is 19.8 Å². The minimum atomic E-state index is -0.138. The van der Waals surface area contributed by atoms with E-state index in [1.807, 2.05) is 31.7 Å². The van der Waals surface area contributed by atoms with Crippen molar-refractivity contribution in [2.24, 2.45) is 5.92 Å². The maximum atomic E-state index is 12.6. The highest BCUT2D eigenvalue weighted by molar-refractivity contribution is 5.80. The van der Waals surface area contributed by atoms with E-state index in [1.54, 1.807) is 7.11 Å². The highest BCUT2D eigenvalue weighted by Crippen LogP contribution is 2.26. The minimum Gasteiger partial charge on any atom is -0.496 e. The summed E-state index contributed by atoms with van der Waals surface area (Å²) in [4.78, 5) is 26.3. The summed E-state index contributed by atoms with van der Waals surface area (Å²) in [5.41, 5.74) is 3.14. The van der Waals surface area contributed by atoms with Crippen molar-refractivity contribution >= 4 is 11.9 Å². The average molecular weight is 333 g/mol. The highest BCUT2D eigenvalue weighted by atomic mass is 16.5. The Bertz CT molecular complexity index is 604. The normalized spacial score (nSPS) is 15.2. The van der Waals surface area contributed by atoms with Crippen molar-refractivity contribution in [3.8, 4) is 5.75 Å². The van der Waals surface area contributed by atoms with E-state index in [-0.39, 0.29) is 17.8 Å². The third kappa shape index (κ3) is 4.28. The monoisotopic (exact) mass is 333 g/mol. The number of hydrogen-bond acceptors (Lipinski definition) is 4. The second kappa shape index (κ2) is 8.18. The summed E-state index contributed by atoms with van der Waals surface area (Å²) < 4.78 is 10.5. The lowest BCUT2D eigenvalue weighted by Crippen LogP contribution is -2.41. The lowest BCUT2D eigenvalue weighted by molar-refractivity contribution is -0.151. The van der Waals surface area contributed by atoms with Crippen LogP contribution in [0.25, 0.3) is 0 Å². The zero-order valence-electron chi connectivity index (χ0n) is 15.1. The first-order valence-electron chi connectivity index (χ1n) is 8.54. The zero-order valence-corrected chi connectivity index (χ0v) is 15.1. The number of esters is 1. The van der Waals surface area contributed by atoms with Crippen LogP contribution in [-0.4, -0.2) is 43.6 Å². The molecule has 0 bridgehead atoms. The quantitative estimate of drug-likeness (QED) is 0.778. The number of nitrogens with zero attached hydrogens (tertiary/aromatic N) is 1. The number of carbonyl (C=O) groups excluding carboxylic acids is 2. The van der Waals surface area contributed by atoms with E-state index in [9.17, 15) is 9.59 Å². The molecule has 0 aliphatic carbocycles. The number of piperidine rings is 1. The maximum absolute atomic E-state index is 12.6. The Hall–Kier alpha value is -2.04. The molecule has 1 fully saturated rings. The standard InChI is InChI=1S/C19H27NO4/c1-5-24-19(22)15-6-8-20(9-7-15)18(21)12-16-14(3)10-13(2)11-17(16)23-4/h10-11,15H,5-9,12H2,1-4H3. The van der Waals surface area contributed by atoms with E-state index < -0.39 is 0 Å². The molecule has 1 aliphatic rings. The summed E-state index contributed by atoms with van der Waals surface area (Å²) in [5, 5.41) is 0. The molecule has 0 unspecified atom stereocenters. The summed E-state index contributed by atoms with van der Waals surface area (Å²) in [5.74, 6) is 0.634. The predicted octanol–water partition coefficient (Wildman–Crippen LogP) is 2.66. The van der Waals surface area contributed by atoms with Crippen LogP contribution in [0.2, 0.25) is 0 Å². The summed E-state index contributed by atoms with van der Waals surface area (Å²) in [6, 6.07) is 4.03. The van der Waals surface area contributed by atoms with Gasteiger partial charge in [0.2, 0.25) is 5.91 Å². The molecule has 1 saturated heterocycles. The van der Waals surface area contributed by atoms with Crippen molar-refractivity contribution in [2.75, 3.05) is 26.8 Å². The first-order chi connectivity index (χ1) is 11.5. The molecule has 1 aliphatic heterocycles. The summed E-state index contributed by atoms with van der Waals surface area (Å²) >= 11 is 0. The van der Waals surface area contributed by atoms with Crippen molar-refractivity contribution in [1.29, 1.82) is 0 Å². The minimum absolute atomic E-state index is 0.0790. The Morgan fingerprint density at radius 3 is 2.46 bits per heavy atom. The SMILES string of the molecule is CCOC(=O)C1CCN(C(=O)Cc2c(C)cc(C)cc2OC)CC1. The Morgan fingerprint density at radius 2 is 1.88 bits per heavy atom. The fourth-order valence-corrected chi connectivity index (χ4v) is 3.25. The second-order valence-electron chi connectivity index (χ2n) is 6.35. The smallest absolute Gasteiger partial charge is 0.309 e. The molecule has 0 aromatic heterocycles. The molecule has 5 nitrogen and oxygen atoms in total. The van der Waals surface area contributed by atoms with Gasteiger partial charge in [-0.1, -0.05) is 6.07 Å². The van der Waals surface area contributed by atoms with E-state index in [0.29, 0.717) is 39.0 Å². The molecule has 0 atom stereocenters. The lowest BCUT2D eigenvalue weighted by Gasteiger charge is -2.31. The van der Waals surface area contributed by atoms with Crippen LogP contribution >= 0.6 is 0 Å². The topological polar surface area (TPSA) is 55.8 Å². The maximum Gasteiger partial charge on any atom is 0.309 e. The van der Waals surface area contributed by atoms with Gasteiger partial charge < -0.3 is 14.4 Å². The first-order valence-corrected chi connectivity index (χ1v) is 8.54. The van der Waals surface area contributed by atoms with Gasteiger partial charge in [-0.2, -0.15) is 0 Å². The molecular formula is C19H27NO4. The molecule has 0 spiro atoms. The number of carbonyl (C=O) groups is 2. The number of methoxy groups -OCH3 is 1. The van der Waals surface area contributed by atoms with Gasteiger partial charge in [0, 0.05) is 18.7 Å². The van der Waals surface area contributed by atoms with Crippen LogP contribution in [-0.2, 0) is 20.7 Å². The molecule has 0 radical (unpaired) electrons. The number of amides is 1. The average Bonchev–Trinajstić information content (AvgIpc) is 2.57. The van der Waals surface area contributed by atoms with Crippen LogP contribution in [0.1, 0.15) is 36.5 Å². The van der Waals surface area contributed by atoms with Gasteiger partial charge >= 0.3 is 5.97 Å². The summed E-state index contributed by atoms with van der Waals surface area (Å²) in [6.45, 7) is 7.45. The first kappa shape index (κ1) is 18.3. The van der Waals surface area contributed by atoms with Crippen molar-refractivity contribution in [2.45, 2.75) is 40.0 Å². The molecule has 1 heterocycles. The molecule has 132 valence electrons. The largest absolute Gasteiger partial charge is 0.496 e. The lowest BCUT2D eigenvalue weighted by atomic mass is 9.95. The van der Waals surface area contributed by atoms with Gasteiger partial charge in [-0.15, -0.1) is 0 Å². The van der Waals surface area contributed by atoms with Crippen LogP contribution in [0.5, 0.6) is 5.75 Å². The van der Waals surface area contributed by atoms with Crippen LogP contribution < -0.4 is 4.74 Å². The van der Waals surface area contributed by atoms with Gasteiger partial charge in [-0.3, -0.25) is 9.59 Å². The molecule has 1 aromatic carbocycles. The Kier molecular flexibility index (Phi) is 6.23.